The van der Waals surface area contributed by atoms with E-state index in [0.29, 0.717) is 6.04 Å². The quantitative estimate of drug-likeness (QED) is 0.755. The van der Waals surface area contributed by atoms with Crippen molar-refractivity contribution in [3.05, 3.63) is 29.3 Å². The molecule has 0 aliphatic heterocycles. The lowest BCUT2D eigenvalue weighted by atomic mass is 10.1. The molecule has 2 rings (SSSR count). The van der Waals surface area contributed by atoms with Crippen molar-refractivity contribution < 1.29 is 4.74 Å². The van der Waals surface area contributed by atoms with Crippen LogP contribution in [0.4, 0.5) is 5.69 Å². The molecule has 3 heteroatoms. The van der Waals surface area contributed by atoms with E-state index in [-0.39, 0.29) is 0 Å². The number of methoxy groups -OCH3 is 1. The van der Waals surface area contributed by atoms with E-state index in [4.69, 9.17) is 4.74 Å². The van der Waals surface area contributed by atoms with Crippen LogP contribution in [0.25, 0.3) is 0 Å². The Hall–Kier alpha value is -1.06. The van der Waals surface area contributed by atoms with Crippen LogP contribution in [-0.2, 0) is 11.3 Å². The van der Waals surface area contributed by atoms with Crippen molar-refractivity contribution in [2.75, 3.05) is 31.7 Å². The summed E-state index contributed by atoms with van der Waals surface area (Å²) in [5.74, 6) is 0.864. The van der Waals surface area contributed by atoms with Crippen molar-refractivity contribution in [2.45, 2.75) is 46.2 Å². The Morgan fingerprint density at radius 3 is 2.71 bits per heavy atom. The van der Waals surface area contributed by atoms with Crippen molar-refractivity contribution in [2.24, 2.45) is 5.92 Å². The van der Waals surface area contributed by atoms with Gasteiger partial charge in [-0.05, 0) is 62.4 Å². The lowest BCUT2D eigenvalue weighted by molar-refractivity contribution is 0.202. The molecule has 0 radical (unpaired) electrons. The topological polar surface area (TPSA) is 24.5 Å². The Morgan fingerprint density at radius 1 is 1.38 bits per heavy atom. The minimum absolute atomic E-state index is 0.610. The maximum atomic E-state index is 5.30. The molecule has 1 fully saturated rings. The minimum atomic E-state index is 0.610. The molecule has 1 saturated carbocycles. The first kappa shape index (κ1) is 16.3. The van der Waals surface area contributed by atoms with Crippen LogP contribution in [0.1, 0.15) is 37.8 Å². The van der Waals surface area contributed by atoms with Crippen LogP contribution in [0.2, 0.25) is 0 Å². The molecule has 0 saturated heterocycles. The predicted molar refractivity (Wildman–Crippen MR) is 90.0 cm³/mol. The summed E-state index contributed by atoms with van der Waals surface area (Å²) >= 11 is 0. The fraction of sp³-hybridized carbons (Fsp3) is 0.667. The summed E-state index contributed by atoms with van der Waals surface area (Å²) in [6, 6.07) is 7.49. The molecule has 118 valence electrons. The Kier molecular flexibility index (Phi) is 6.07. The van der Waals surface area contributed by atoms with E-state index in [2.05, 4.69) is 49.2 Å². The van der Waals surface area contributed by atoms with Crippen LogP contribution in [-0.4, -0.2) is 32.8 Å². The second-order valence-corrected chi connectivity index (χ2v) is 6.16. The molecular formula is C18H30N2O. The highest BCUT2D eigenvalue weighted by Gasteiger charge is 2.32. The Labute approximate surface area is 129 Å². The average molecular weight is 290 g/mol. The van der Waals surface area contributed by atoms with Gasteiger partial charge in [-0.25, -0.2) is 0 Å². The Morgan fingerprint density at radius 2 is 2.14 bits per heavy atom. The Bertz CT molecular complexity index is 443. The van der Waals surface area contributed by atoms with Gasteiger partial charge < -0.3 is 15.0 Å². The van der Waals surface area contributed by atoms with E-state index in [1.54, 1.807) is 7.11 Å². The first-order chi connectivity index (χ1) is 10.2. The van der Waals surface area contributed by atoms with Crippen molar-refractivity contribution >= 4 is 5.69 Å². The van der Waals surface area contributed by atoms with Gasteiger partial charge in [0, 0.05) is 31.9 Å². The molecule has 1 N–H and O–H groups in total. The fourth-order valence-electron chi connectivity index (χ4n) is 2.91. The van der Waals surface area contributed by atoms with Crippen molar-refractivity contribution in [3.8, 4) is 0 Å². The molecule has 21 heavy (non-hydrogen) atoms. The highest BCUT2D eigenvalue weighted by atomic mass is 16.5. The second kappa shape index (κ2) is 7.81. The predicted octanol–water partition coefficient (Wildman–Crippen LogP) is 3.36. The van der Waals surface area contributed by atoms with Gasteiger partial charge in [0.15, 0.2) is 0 Å². The number of ether oxygens (including phenoxy) is 1. The van der Waals surface area contributed by atoms with E-state index < -0.39 is 0 Å². The summed E-state index contributed by atoms with van der Waals surface area (Å²) < 4.78 is 5.30. The lowest BCUT2D eigenvalue weighted by Crippen LogP contribution is -2.37. The number of benzene rings is 1. The van der Waals surface area contributed by atoms with Gasteiger partial charge in [0.25, 0.3) is 0 Å². The SMILES string of the molecule is CCNCc1ccc(N(CCOC)C(C)C2CC2)cc1C. The van der Waals surface area contributed by atoms with E-state index >= 15 is 0 Å². The number of hydrogen-bond donors (Lipinski definition) is 1. The van der Waals surface area contributed by atoms with Crippen molar-refractivity contribution in [1.29, 1.82) is 0 Å². The zero-order valence-electron chi connectivity index (χ0n) is 14.0. The highest BCUT2D eigenvalue weighted by Crippen LogP contribution is 2.37. The summed E-state index contributed by atoms with van der Waals surface area (Å²) in [7, 11) is 1.78. The van der Waals surface area contributed by atoms with Gasteiger partial charge in [0.1, 0.15) is 0 Å². The molecule has 1 aromatic carbocycles. The minimum Gasteiger partial charge on any atom is -0.383 e. The van der Waals surface area contributed by atoms with Crippen LogP contribution in [0, 0.1) is 12.8 Å². The van der Waals surface area contributed by atoms with Gasteiger partial charge >= 0.3 is 0 Å². The number of rotatable bonds is 9. The van der Waals surface area contributed by atoms with Gasteiger partial charge in [0.2, 0.25) is 0 Å². The lowest BCUT2D eigenvalue weighted by Gasteiger charge is -2.32. The molecule has 1 aromatic rings. The standard InChI is InChI=1S/C18H30N2O/c1-5-19-13-17-8-9-18(12-14(17)2)20(10-11-21-4)15(3)16-6-7-16/h8-9,12,15-16,19H,5-7,10-11,13H2,1-4H3. The maximum Gasteiger partial charge on any atom is 0.0637 e. The highest BCUT2D eigenvalue weighted by molar-refractivity contribution is 5.52. The number of aryl methyl sites for hydroxylation is 1. The van der Waals surface area contributed by atoms with E-state index in [1.807, 2.05) is 0 Å². The third kappa shape index (κ3) is 4.45. The largest absolute Gasteiger partial charge is 0.383 e. The third-order valence-electron chi connectivity index (χ3n) is 4.56. The molecule has 0 bridgehead atoms. The average Bonchev–Trinajstić information content (AvgIpc) is 3.31. The zero-order valence-corrected chi connectivity index (χ0v) is 14.0. The van der Waals surface area contributed by atoms with Crippen LogP contribution < -0.4 is 10.2 Å². The molecule has 1 atom stereocenters. The first-order valence-electron chi connectivity index (χ1n) is 8.23. The number of nitrogens with one attached hydrogen (secondary N) is 1. The number of hydrogen-bond acceptors (Lipinski definition) is 3. The maximum absolute atomic E-state index is 5.30. The second-order valence-electron chi connectivity index (χ2n) is 6.16. The number of anilines is 1. The van der Waals surface area contributed by atoms with Gasteiger partial charge in [-0.3, -0.25) is 0 Å². The van der Waals surface area contributed by atoms with Gasteiger partial charge in [0.05, 0.1) is 6.61 Å². The van der Waals surface area contributed by atoms with Gasteiger partial charge in [-0.1, -0.05) is 13.0 Å². The summed E-state index contributed by atoms with van der Waals surface area (Å²) in [5.41, 5.74) is 4.11. The van der Waals surface area contributed by atoms with Crippen molar-refractivity contribution in [1.82, 2.24) is 5.32 Å². The molecule has 0 spiro atoms. The van der Waals surface area contributed by atoms with Crippen LogP contribution in [0.3, 0.4) is 0 Å². The number of nitrogens with zero attached hydrogens (tertiary/aromatic N) is 1. The van der Waals surface area contributed by atoms with E-state index in [1.165, 1.54) is 29.7 Å². The third-order valence-corrected chi connectivity index (χ3v) is 4.56. The smallest absolute Gasteiger partial charge is 0.0637 e. The van der Waals surface area contributed by atoms with Gasteiger partial charge in [-0.2, -0.15) is 0 Å². The molecular weight excluding hydrogens is 260 g/mol. The molecule has 1 unspecified atom stereocenters. The first-order valence-corrected chi connectivity index (χ1v) is 8.23. The van der Waals surface area contributed by atoms with E-state index in [0.717, 1.165) is 32.2 Å². The molecule has 0 amide bonds. The van der Waals surface area contributed by atoms with Crippen LogP contribution in [0.5, 0.6) is 0 Å². The molecule has 3 nitrogen and oxygen atoms in total. The normalized spacial score (nSPS) is 16.0. The molecule has 0 heterocycles. The Balaban J connectivity index is 2.12. The zero-order chi connectivity index (χ0) is 15.2. The van der Waals surface area contributed by atoms with Crippen LogP contribution in [0.15, 0.2) is 18.2 Å². The van der Waals surface area contributed by atoms with Crippen LogP contribution >= 0.6 is 0 Å². The molecule has 1 aliphatic carbocycles. The monoisotopic (exact) mass is 290 g/mol. The summed E-state index contributed by atoms with van der Waals surface area (Å²) in [6.45, 7) is 10.4. The molecule has 0 aromatic heterocycles. The summed E-state index contributed by atoms with van der Waals surface area (Å²) in [4.78, 5) is 2.52. The van der Waals surface area contributed by atoms with Gasteiger partial charge in [-0.15, -0.1) is 0 Å². The summed E-state index contributed by atoms with van der Waals surface area (Å²) in [6.07, 6.45) is 2.75. The fourth-order valence-corrected chi connectivity index (χ4v) is 2.91. The molecule has 1 aliphatic rings. The summed E-state index contributed by atoms with van der Waals surface area (Å²) in [5, 5.41) is 3.41. The van der Waals surface area contributed by atoms with E-state index in [9.17, 15) is 0 Å². The van der Waals surface area contributed by atoms with Crippen molar-refractivity contribution in [3.63, 3.8) is 0 Å².